The molecule has 1 heterocycles. The lowest BCUT2D eigenvalue weighted by Gasteiger charge is -2.33. The lowest BCUT2D eigenvalue weighted by atomic mass is 10.2. The van der Waals surface area contributed by atoms with Crippen molar-refractivity contribution in [2.45, 2.75) is 25.8 Å². The zero-order chi connectivity index (χ0) is 13.1. The second kappa shape index (κ2) is 5.76. The van der Waals surface area contributed by atoms with Gasteiger partial charge in [-0.1, -0.05) is 0 Å². The molecule has 0 aromatic heterocycles. The van der Waals surface area contributed by atoms with Gasteiger partial charge in [0.1, 0.15) is 0 Å². The van der Waals surface area contributed by atoms with Gasteiger partial charge in [0.05, 0.1) is 0 Å². The van der Waals surface area contributed by atoms with Gasteiger partial charge in [-0.2, -0.15) is 12.7 Å². The maximum absolute atomic E-state index is 11.7. The van der Waals surface area contributed by atoms with Gasteiger partial charge in [0.2, 0.25) is 5.91 Å². The largest absolute Gasteiger partial charge is 0.340 e. The topological polar surface area (TPSA) is 110 Å². The van der Waals surface area contributed by atoms with Crippen molar-refractivity contribution in [3.05, 3.63) is 0 Å². The summed E-state index contributed by atoms with van der Waals surface area (Å²) in [4.78, 5) is 13.4. The minimum Gasteiger partial charge on any atom is -0.340 e. The van der Waals surface area contributed by atoms with Crippen LogP contribution in [-0.4, -0.2) is 55.8 Å². The van der Waals surface area contributed by atoms with Gasteiger partial charge >= 0.3 is 0 Å². The Balaban J connectivity index is 2.39. The number of hydrogen-bond acceptors (Lipinski definition) is 4. The fourth-order valence-electron chi connectivity index (χ4n) is 1.70. The van der Waals surface area contributed by atoms with Crippen LogP contribution in [0.1, 0.15) is 19.8 Å². The minimum atomic E-state index is -3.63. The predicted molar refractivity (Wildman–Crippen MR) is 64.1 cm³/mol. The zero-order valence-electron chi connectivity index (χ0n) is 10.0. The van der Waals surface area contributed by atoms with Crippen molar-refractivity contribution in [1.82, 2.24) is 9.21 Å². The predicted octanol–water partition coefficient (Wildman–Crippen LogP) is -1.54. The monoisotopic (exact) mass is 264 g/mol. The van der Waals surface area contributed by atoms with Gasteiger partial charge in [-0.15, -0.1) is 0 Å². The minimum absolute atomic E-state index is 0.00431. The molecule has 1 unspecified atom stereocenters. The summed E-state index contributed by atoms with van der Waals surface area (Å²) >= 11 is 0. The van der Waals surface area contributed by atoms with E-state index in [2.05, 4.69) is 0 Å². The number of piperazine rings is 1. The molecule has 0 radical (unpaired) electrons. The smallest absolute Gasteiger partial charge is 0.277 e. The van der Waals surface area contributed by atoms with E-state index in [1.54, 1.807) is 4.90 Å². The van der Waals surface area contributed by atoms with E-state index in [4.69, 9.17) is 10.9 Å². The van der Waals surface area contributed by atoms with Crippen LogP contribution in [0.5, 0.6) is 0 Å². The van der Waals surface area contributed by atoms with Crippen LogP contribution in [-0.2, 0) is 15.0 Å². The van der Waals surface area contributed by atoms with Crippen molar-refractivity contribution in [2.24, 2.45) is 10.9 Å². The third-order valence-electron chi connectivity index (χ3n) is 2.76. The number of nitrogens with two attached hydrogens (primary N) is 2. The number of carbonyl (C=O) groups excluding carboxylic acids is 1. The molecule has 7 nitrogen and oxygen atoms in total. The third-order valence-corrected chi connectivity index (χ3v) is 3.85. The fraction of sp³-hybridized carbons (Fsp3) is 0.889. The van der Waals surface area contributed by atoms with Crippen LogP contribution in [0.4, 0.5) is 0 Å². The number of amides is 1. The van der Waals surface area contributed by atoms with E-state index < -0.39 is 10.2 Å². The van der Waals surface area contributed by atoms with Gasteiger partial charge in [0.15, 0.2) is 0 Å². The summed E-state index contributed by atoms with van der Waals surface area (Å²) < 4.78 is 23.3. The second-order valence-electron chi connectivity index (χ2n) is 4.34. The molecular weight excluding hydrogens is 244 g/mol. The average molecular weight is 264 g/mol. The first-order valence-electron chi connectivity index (χ1n) is 5.62. The molecule has 0 aromatic rings. The van der Waals surface area contributed by atoms with Crippen LogP contribution in [0.3, 0.4) is 0 Å². The molecule has 1 aliphatic rings. The second-order valence-corrected chi connectivity index (χ2v) is 5.89. The highest BCUT2D eigenvalue weighted by molar-refractivity contribution is 7.86. The van der Waals surface area contributed by atoms with E-state index in [1.165, 1.54) is 4.31 Å². The highest BCUT2D eigenvalue weighted by atomic mass is 32.2. The van der Waals surface area contributed by atoms with Gasteiger partial charge in [0.25, 0.3) is 10.2 Å². The Bertz CT molecular complexity index is 360. The number of hydrogen-bond donors (Lipinski definition) is 2. The number of rotatable bonds is 4. The maximum Gasteiger partial charge on any atom is 0.277 e. The van der Waals surface area contributed by atoms with Crippen molar-refractivity contribution >= 4 is 16.1 Å². The van der Waals surface area contributed by atoms with Crippen molar-refractivity contribution in [3.8, 4) is 0 Å². The molecule has 0 aliphatic carbocycles. The maximum atomic E-state index is 11.7. The van der Waals surface area contributed by atoms with E-state index in [0.717, 1.165) is 0 Å². The first-order chi connectivity index (χ1) is 7.80. The first kappa shape index (κ1) is 14.4. The van der Waals surface area contributed by atoms with E-state index in [9.17, 15) is 13.2 Å². The highest BCUT2D eigenvalue weighted by Gasteiger charge is 2.26. The zero-order valence-corrected chi connectivity index (χ0v) is 10.8. The van der Waals surface area contributed by atoms with Crippen LogP contribution in [0, 0.1) is 0 Å². The fourth-order valence-corrected chi connectivity index (χ4v) is 2.37. The normalized spacial score (nSPS) is 20.3. The van der Waals surface area contributed by atoms with E-state index in [-0.39, 0.29) is 25.0 Å². The highest BCUT2D eigenvalue weighted by Crippen LogP contribution is 2.07. The Kier molecular flexibility index (Phi) is 4.87. The van der Waals surface area contributed by atoms with Gasteiger partial charge in [-0.3, -0.25) is 4.79 Å². The van der Waals surface area contributed by atoms with Gasteiger partial charge in [-0.25, -0.2) is 5.14 Å². The molecule has 1 amide bonds. The Morgan fingerprint density at radius 3 is 2.24 bits per heavy atom. The van der Waals surface area contributed by atoms with E-state index in [1.807, 2.05) is 6.92 Å². The number of nitrogens with zero attached hydrogens (tertiary/aromatic N) is 2. The Labute approximate surface area is 102 Å². The summed E-state index contributed by atoms with van der Waals surface area (Å²) in [6.07, 6.45) is 1.06. The lowest BCUT2D eigenvalue weighted by molar-refractivity contribution is -0.132. The van der Waals surface area contributed by atoms with Crippen molar-refractivity contribution < 1.29 is 13.2 Å². The molecular formula is C9H20N4O3S. The molecule has 100 valence electrons. The SMILES string of the molecule is CC(N)CCC(=O)N1CCN(S(N)(=O)=O)CC1. The van der Waals surface area contributed by atoms with Crippen LogP contribution in [0.2, 0.25) is 0 Å². The van der Waals surface area contributed by atoms with Crippen molar-refractivity contribution in [2.75, 3.05) is 26.2 Å². The van der Waals surface area contributed by atoms with Crippen molar-refractivity contribution in [1.29, 1.82) is 0 Å². The number of carbonyl (C=O) groups is 1. The van der Waals surface area contributed by atoms with Gasteiger partial charge in [-0.05, 0) is 13.3 Å². The summed E-state index contributed by atoms with van der Waals surface area (Å²) in [6.45, 7) is 3.18. The van der Waals surface area contributed by atoms with E-state index in [0.29, 0.717) is 25.9 Å². The lowest BCUT2D eigenvalue weighted by Crippen LogP contribution is -2.52. The molecule has 0 spiro atoms. The molecule has 17 heavy (non-hydrogen) atoms. The first-order valence-corrected chi connectivity index (χ1v) is 7.12. The van der Waals surface area contributed by atoms with Crippen LogP contribution < -0.4 is 10.9 Å². The van der Waals surface area contributed by atoms with Gasteiger partial charge in [0, 0.05) is 38.6 Å². The molecule has 1 rings (SSSR count). The van der Waals surface area contributed by atoms with E-state index >= 15 is 0 Å². The standard InChI is InChI=1S/C9H20N4O3S/c1-8(10)2-3-9(14)12-4-6-13(7-5-12)17(11,15)16/h8H,2-7,10H2,1H3,(H2,11,15,16). The summed E-state index contributed by atoms with van der Waals surface area (Å²) in [5.74, 6) is 0.0244. The van der Waals surface area contributed by atoms with Crippen LogP contribution >= 0.6 is 0 Å². The molecule has 4 N–H and O–H groups in total. The molecule has 0 bridgehead atoms. The Morgan fingerprint density at radius 2 is 1.82 bits per heavy atom. The summed E-state index contributed by atoms with van der Waals surface area (Å²) in [5.41, 5.74) is 5.57. The Hall–Kier alpha value is -0.700. The quantitative estimate of drug-likeness (QED) is 0.641. The third kappa shape index (κ3) is 4.58. The molecule has 8 heteroatoms. The molecule has 0 saturated carbocycles. The average Bonchev–Trinajstić information content (AvgIpc) is 2.25. The van der Waals surface area contributed by atoms with Crippen molar-refractivity contribution in [3.63, 3.8) is 0 Å². The van der Waals surface area contributed by atoms with Crippen LogP contribution in [0.25, 0.3) is 0 Å². The van der Waals surface area contributed by atoms with Crippen LogP contribution in [0.15, 0.2) is 0 Å². The molecule has 1 saturated heterocycles. The molecule has 0 aromatic carbocycles. The summed E-state index contributed by atoms with van der Waals surface area (Å²) in [7, 11) is -3.63. The summed E-state index contributed by atoms with van der Waals surface area (Å²) in [6, 6.07) is 0.00431. The molecule has 1 fully saturated rings. The molecule has 1 aliphatic heterocycles. The Morgan fingerprint density at radius 1 is 1.29 bits per heavy atom. The molecule has 1 atom stereocenters. The van der Waals surface area contributed by atoms with Gasteiger partial charge < -0.3 is 10.6 Å². The summed E-state index contributed by atoms with van der Waals surface area (Å²) in [5, 5.41) is 5.01.